The van der Waals surface area contributed by atoms with Crippen LogP contribution in [0.5, 0.6) is 0 Å². The molecule has 0 unspecified atom stereocenters. The summed E-state index contributed by atoms with van der Waals surface area (Å²) in [5.74, 6) is 0. The molecule has 11 aromatic rings. The molecule has 0 bridgehead atoms. The van der Waals surface area contributed by atoms with Crippen LogP contribution in [-0.4, -0.2) is 9.13 Å². The number of aromatic nitrogens is 2. The van der Waals surface area contributed by atoms with Gasteiger partial charge in [-0.2, -0.15) is 0 Å². The van der Waals surface area contributed by atoms with E-state index < -0.39 is 0 Å². The van der Waals surface area contributed by atoms with E-state index in [1.165, 1.54) is 82.3 Å². The van der Waals surface area contributed by atoms with Crippen LogP contribution in [0, 0.1) is 0 Å². The van der Waals surface area contributed by atoms with Gasteiger partial charge in [-0.05, 0) is 100 Å². The van der Waals surface area contributed by atoms with E-state index in [1.807, 2.05) is 0 Å². The van der Waals surface area contributed by atoms with Gasteiger partial charge < -0.3 is 14.0 Å². The molecule has 3 heteroatoms. The maximum absolute atomic E-state index is 2.52. The summed E-state index contributed by atoms with van der Waals surface area (Å²) in [6.07, 6.45) is 0. The summed E-state index contributed by atoms with van der Waals surface area (Å²) in [5.41, 5.74) is 15.8. The normalized spacial score (nSPS) is 13.1. The van der Waals surface area contributed by atoms with Crippen LogP contribution in [-0.2, 0) is 5.41 Å². The lowest BCUT2D eigenvalue weighted by Crippen LogP contribution is -2.26. The van der Waals surface area contributed by atoms with Gasteiger partial charge in [0.25, 0.3) is 0 Å². The van der Waals surface area contributed by atoms with Crippen molar-refractivity contribution in [3.05, 3.63) is 211 Å². The van der Waals surface area contributed by atoms with Gasteiger partial charge in [0, 0.05) is 49.4 Å². The number of hydrogen-bond acceptors (Lipinski definition) is 1. The van der Waals surface area contributed by atoms with Crippen LogP contribution in [0.2, 0.25) is 0 Å². The zero-order valence-corrected chi connectivity index (χ0v) is 32.4. The minimum Gasteiger partial charge on any atom is -0.310 e. The minimum atomic E-state index is -0.198. The first-order chi connectivity index (χ1) is 28.6. The van der Waals surface area contributed by atoms with Crippen molar-refractivity contribution in [2.75, 3.05) is 4.90 Å². The quantitative estimate of drug-likeness (QED) is 0.171. The predicted octanol–water partition coefficient (Wildman–Crippen LogP) is 14.8. The molecule has 0 fully saturated rings. The molecule has 0 N–H and O–H groups in total. The smallest absolute Gasteiger partial charge is 0.0641 e. The van der Waals surface area contributed by atoms with Crippen LogP contribution in [0.3, 0.4) is 0 Å². The Balaban J connectivity index is 1.10. The molecule has 2 aromatic heterocycles. The van der Waals surface area contributed by atoms with Crippen LogP contribution in [0.15, 0.2) is 200 Å². The Labute approximate surface area is 337 Å². The standard InChI is InChI=1S/C55H39N3/c1-55(2)46-24-12-14-26-51(46)58-49-25-13-11-23-43(49)52-53-45(35-47(55)54(52)58)44-34-38(30-33-50(44)57(53)40-20-7-4-8-21-40)36-28-31-41(32-29-36)56(39-18-5-3-6-19-39)48-27-15-17-37-16-9-10-22-42(37)48/h3-35H,1-2H3. The third kappa shape index (κ3) is 4.62. The van der Waals surface area contributed by atoms with E-state index in [2.05, 4.69) is 228 Å². The van der Waals surface area contributed by atoms with Crippen molar-refractivity contribution in [2.45, 2.75) is 19.3 Å². The highest BCUT2D eigenvalue weighted by Gasteiger charge is 2.37. The Bertz CT molecular complexity index is 3400. The van der Waals surface area contributed by atoms with E-state index >= 15 is 0 Å². The third-order valence-corrected chi connectivity index (χ3v) is 12.6. The average Bonchev–Trinajstić information content (AvgIpc) is 3.80. The second kappa shape index (κ2) is 12.3. The number of para-hydroxylation sites is 4. The van der Waals surface area contributed by atoms with Crippen molar-refractivity contribution < 1.29 is 0 Å². The van der Waals surface area contributed by atoms with Crippen LogP contribution in [0.25, 0.3) is 76.9 Å². The molecule has 0 radical (unpaired) electrons. The topological polar surface area (TPSA) is 13.1 Å². The van der Waals surface area contributed by atoms with Gasteiger partial charge in [-0.25, -0.2) is 0 Å². The Kier molecular flexibility index (Phi) is 6.98. The number of hydrogen-bond donors (Lipinski definition) is 0. The molecule has 3 nitrogen and oxygen atoms in total. The van der Waals surface area contributed by atoms with E-state index in [0.717, 1.165) is 22.7 Å². The number of fused-ring (bicyclic) bond motifs is 10. The molecule has 9 aromatic carbocycles. The summed E-state index contributed by atoms with van der Waals surface area (Å²) in [7, 11) is 0. The fraction of sp³-hybridized carbons (Fsp3) is 0.0545. The summed E-state index contributed by atoms with van der Waals surface area (Å²) in [6.45, 7) is 4.79. The monoisotopic (exact) mass is 741 g/mol. The first-order valence-corrected chi connectivity index (χ1v) is 20.2. The Morgan fingerprint density at radius 2 is 1.05 bits per heavy atom. The van der Waals surface area contributed by atoms with Crippen LogP contribution < -0.4 is 4.90 Å². The predicted molar refractivity (Wildman–Crippen MR) is 245 cm³/mol. The highest BCUT2D eigenvalue weighted by Crippen LogP contribution is 2.52. The Morgan fingerprint density at radius 3 is 1.88 bits per heavy atom. The summed E-state index contributed by atoms with van der Waals surface area (Å²) in [4.78, 5) is 2.37. The first-order valence-electron chi connectivity index (χ1n) is 20.2. The average molecular weight is 742 g/mol. The second-order valence-electron chi connectivity index (χ2n) is 16.2. The zero-order chi connectivity index (χ0) is 38.5. The third-order valence-electron chi connectivity index (χ3n) is 12.6. The van der Waals surface area contributed by atoms with Crippen molar-refractivity contribution in [1.29, 1.82) is 0 Å². The van der Waals surface area contributed by atoms with Crippen molar-refractivity contribution >= 4 is 71.4 Å². The lowest BCUT2D eigenvalue weighted by Gasteiger charge is -2.34. The molecule has 0 amide bonds. The van der Waals surface area contributed by atoms with E-state index in [1.54, 1.807) is 0 Å². The first kappa shape index (κ1) is 32.8. The van der Waals surface area contributed by atoms with Crippen LogP contribution in [0.4, 0.5) is 17.1 Å². The molecule has 0 aliphatic carbocycles. The van der Waals surface area contributed by atoms with E-state index in [0.29, 0.717) is 0 Å². The molecule has 1 aliphatic rings. The molecule has 58 heavy (non-hydrogen) atoms. The van der Waals surface area contributed by atoms with E-state index in [9.17, 15) is 0 Å². The molecule has 0 saturated carbocycles. The molecule has 0 saturated heterocycles. The summed E-state index contributed by atoms with van der Waals surface area (Å²) >= 11 is 0. The van der Waals surface area contributed by atoms with Gasteiger partial charge in [0.1, 0.15) is 0 Å². The fourth-order valence-corrected chi connectivity index (χ4v) is 9.96. The Morgan fingerprint density at radius 1 is 0.414 bits per heavy atom. The van der Waals surface area contributed by atoms with Crippen molar-refractivity contribution in [1.82, 2.24) is 9.13 Å². The molecule has 0 spiro atoms. The SMILES string of the molecule is CC1(C)c2ccccc2-n2c3ccccc3c3c2c1cc1c2cc(-c4ccc(N(c5ccccc5)c5cccc6ccccc56)cc4)ccc2n(-c2ccccc2)c13. The van der Waals surface area contributed by atoms with Gasteiger partial charge in [0.05, 0.1) is 33.4 Å². The highest BCUT2D eigenvalue weighted by molar-refractivity contribution is 6.27. The van der Waals surface area contributed by atoms with Crippen molar-refractivity contribution in [2.24, 2.45) is 0 Å². The highest BCUT2D eigenvalue weighted by atomic mass is 15.1. The minimum absolute atomic E-state index is 0.198. The second-order valence-corrected chi connectivity index (χ2v) is 16.2. The lowest BCUT2D eigenvalue weighted by atomic mass is 9.74. The summed E-state index contributed by atoms with van der Waals surface area (Å²) < 4.78 is 5.03. The van der Waals surface area contributed by atoms with Gasteiger partial charge >= 0.3 is 0 Å². The number of rotatable bonds is 5. The van der Waals surface area contributed by atoms with Crippen LogP contribution >= 0.6 is 0 Å². The molecular formula is C55H39N3. The van der Waals surface area contributed by atoms with Gasteiger partial charge in [-0.3, -0.25) is 0 Å². The van der Waals surface area contributed by atoms with Crippen molar-refractivity contribution in [3.63, 3.8) is 0 Å². The molecular weight excluding hydrogens is 703 g/mol. The van der Waals surface area contributed by atoms with Gasteiger partial charge in [0.15, 0.2) is 0 Å². The fourth-order valence-electron chi connectivity index (χ4n) is 9.96. The molecule has 274 valence electrons. The van der Waals surface area contributed by atoms with Gasteiger partial charge in [-0.1, -0.05) is 141 Å². The molecule has 0 atom stereocenters. The van der Waals surface area contributed by atoms with Crippen LogP contribution in [0.1, 0.15) is 25.0 Å². The maximum Gasteiger partial charge on any atom is 0.0641 e. The number of benzene rings is 9. The molecule has 12 rings (SSSR count). The Hall–Kier alpha value is -7.36. The zero-order valence-electron chi connectivity index (χ0n) is 32.4. The largest absolute Gasteiger partial charge is 0.310 e. The maximum atomic E-state index is 2.52. The summed E-state index contributed by atoms with van der Waals surface area (Å²) in [5, 5.41) is 7.58. The molecule has 1 aliphatic heterocycles. The number of nitrogens with zero attached hydrogens (tertiary/aromatic N) is 3. The van der Waals surface area contributed by atoms with Crippen molar-refractivity contribution in [3.8, 4) is 22.5 Å². The van der Waals surface area contributed by atoms with Gasteiger partial charge in [-0.15, -0.1) is 0 Å². The molecule has 3 heterocycles. The van der Waals surface area contributed by atoms with Gasteiger partial charge in [0.2, 0.25) is 0 Å². The van der Waals surface area contributed by atoms with E-state index in [4.69, 9.17) is 0 Å². The number of anilines is 3. The summed E-state index contributed by atoms with van der Waals surface area (Å²) in [6, 6.07) is 73.4. The lowest BCUT2D eigenvalue weighted by molar-refractivity contribution is 0.631. The van der Waals surface area contributed by atoms with E-state index in [-0.39, 0.29) is 5.41 Å².